The molecule has 10 rings (SSSR count). The zero-order chi connectivity index (χ0) is 64.8. The molecule has 2 amide bonds. The van der Waals surface area contributed by atoms with Crippen LogP contribution in [0.5, 0.6) is 34.5 Å². The normalized spacial score (nSPS) is 14.2. The lowest BCUT2D eigenvalue weighted by molar-refractivity contribution is -0.118. The fourth-order valence-corrected chi connectivity index (χ4v) is 11.4. The first-order chi connectivity index (χ1) is 43.6. The number of ketones is 2. The Kier molecular flexibility index (Phi) is 22.4. The molecule has 1 aliphatic heterocycles. The van der Waals surface area contributed by atoms with Gasteiger partial charge >= 0.3 is 0 Å². The fourth-order valence-electron chi connectivity index (χ4n) is 11.4. The average molecular weight is 1240 g/mol. The summed E-state index contributed by atoms with van der Waals surface area (Å²) in [6, 6.07) is 30.9. The third-order valence-corrected chi connectivity index (χ3v) is 16.3. The molecule has 8 aromatic rings. The second-order valence-corrected chi connectivity index (χ2v) is 25.9. The molecule has 0 bridgehead atoms. The maximum absolute atomic E-state index is 13.3. The van der Waals surface area contributed by atoms with Crippen LogP contribution in [0.3, 0.4) is 0 Å². The van der Waals surface area contributed by atoms with E-state index in [-0.39, 0.29) is 34.2 Å². The number of carbonyl (C=O) groups is 4. The SMILES string of the molecule is COCCOc1cc2nccc(Oc3ccc(CC(=O)Cc4cc(C(C)(C)C)nn4C4CCCCC4)cc3)c2cc1NC(C)=O.COCCOc1cc2nccc(Oc3ccc(CC(=O)Cc4cc(C(C)(C)C)nn4C4CCN(C)CC4)cc3)c2cc1NC(C)=O. The van der Waals surface area contributed by atoms with Crippen LogP contribution < -0.4 is 29.6 Å². The quantitative estimate of drug-likeness (QED) is 0.0539. The number of pyridine rings is 2. The first kappa shape index (κ1) is 66.9. The Hall–Kier alpha value is -8.52. The number of rotatable bonds is 24. The van der Waals surface area contributed by atoms with Gasteiger partial charge in [-0.3, -0.25) is 38.5 Å². The number of nitrogens with zero attached hydrogens (tertiary/aromatic N) is 7. The lowest BCUT2D eigenvalue weighted by atomic mass is 9.92. The van der Waals surface area contributed by atoms with E-state index in [1.54, 1.807) is 63.0 Å². The summed E-state index contributed by atoms with van der Waals surface area (Å²) < 4.78 is 38.6. The van der Waals surface area contributed by atoms with Gasteiger partial charge in [-0.05, 0) is 118 Å². The van der Waals surface area contributed by atoms with Gasteiger partial charge in [0.25, 0.3) is 0 Å². The number of carbonyl (C=O) groups excluding carboxylic acids is 4. The molecule has 91 heavy (non-hydrogen) atoms. The van der Waals surface area contributed by atoms with Gasteiger partial charge in [-0.2, -0.15) is 10.2 Å². The van der Waals surface area contributed by atoms with Crippen LogP contribution in [0.2, 0.25) is 0 Å². The molecule has 0 radical (unpaired) electrons. The van der Waals surface area contributed by atoms with Crippen LogP contribution in [-0.2, 0) is 65.2 Å². The largest absolute Gasteiger partial charge is 0.489 e. The van der Waals surface area contributed by atoms with Crippen molar-refractivity contribution in [3.63, 3.8) is 0 Å². The Morgan fingerprint density at radius 2 is 0.912 bits per heavy atom. The molecule has 2 N–H and O–H groups in total. The van der Waals surface area contributed by atoms with Gasteiger partial charge in [0.2, 0.25) is 11.8 Å². The molecular formula is C72H89N9O10. The number of nitrogens with one attached hydrogen (secondary N) is 2. The third-order valence-electron chi connectivity index (χ3n) is 16.3. The Bertz CT molecular complexity index is 3790. The molecule has 0 unspecified atom stereocenters. The maximum atomic E-state index is 13.3. The van der Waals surface area contributed by atoms with E-state index >= 15 is 0 Å². The summed E-state index contributed by atoms with van der Waals surface area (Å²) in [7, 11) is 5.36. The standard InChI is InChI=1S/C36H45N5O5.C36H44N4O5/c1-24(42)38-32-22-30-31(23-34(32)45-18-17-44-6)37-14-11-33(30)46-29-9-7-25(8-10-29)19-28(43)20-27-21-35(36(2,3)4)39-41(27)26-12-15-40(5)16-13-26;1-24(41)38-32-22-30-31(23-34(32)44-18-17-43-5)37-16-15-33(30)45-29-13-11-25(12-14-29)19-28(42)20-27-21-35(36(2,3)4)39-40(27)26-9-7-6-8-10-26/h7-11,14,21-23,26H,12-13,15-20H2,1-6H3,(H,38,42);11-16,21-23,26H,6-10,17-20H2,1-5H3,(H,38,41). The van der Waals surface area contributed by atoms with Crippen molar-refractivity contribution in [3.05, 3.63) is 143 Å². The van der Waals surface area contributed by atoms with E-state index < -0.39 is 0 Å². The smallest absolute Gasteiger partial charge is 0.221 e. The summed E-state index contributed by atoms with van der Waals surface area (Å²) in [6.07, 6.45) is 12.8. The first-order valence-electron chi connectivity index (χ1n) is 31.7. The molecule has 2 aliphatic rings. The van der Waals surface area contributed by atoms with Crippen molar-refractivity contribution >= 4 is 56.6 Å². The van der Waals surface area contributed by atoms with Crippen molar-refractivity contribution in [3.8, 4) is 34.5 Å². The van der Waals surface area contributed by atoms with E-state index in [1.807, 2.05) is 48.5 Å². The van der Waals surface area contributed by atoms with Crippen molar-refractivity contribution in [2.75, 3.05) is 71.4 Å². The minimum Gasteiger partial charge on any atom is -0.489 e. The average Bonchev–Trinajstić information content (AvgIpc) is 1.11. The molecule has 0 atom stereocenters. The van der Waals surface area contributed by atoms with E-state index in [1.165, 1.54) is 33.1 Å². The zero-order valence-electron chi connectivity index (χ0n) is 54.8. The highest BCUT2D eigenvalue weighted by Gasteiger charge is 2.28. The van der Waals surface area contributed by atoms with Gasteiger partial charge < -0.3 is 44.0 Å². The summed E-state index contributed by atoms with van der Waals surface area (Å²) in [6.45, 7) is 19.5. The highest BCUT2D eigenvalue weighted by atomic mass is 16.5. The Labute approximate surface area is 534 Å². The van der Waals surface area contributed by atoms with E-state index in [0.29, 0.717) is 121 Å². The third kappa shape index (κ3) is 18.4. The highest BCUT2D eigenvalue weighted by molar-refractivity contribution is 5.98. The number of methoxy groups -OCH3 is 2. The number of aromatic nitrogens is 6. The van der Waals surface area contributed by atoms with Gasteiger partial charge in [0, 0.05) is 111 Å². The number of fused-ring (bicyclic) bond motifs is 2. The number of likely N-dealkylation sites (tertiary alicyclic amines) is 1. The molecule has 482 valence electrons. The van der Waals surface area contributed by atoms with Crippen molar-refractivity contribution in [2.24, 2.45) is 0 Å². The highest BCUT2D eigenvalue weighted by Crippen LogP contribution is 2.39. The van der Waals surface area contributed by atoms with Crippen molar-refractivity contribution in [1.29, 1.82) is 0 Å². The molecular weight excluding hydrogens is 1150 g/mol. The van der Waals surface area contributed by atoms with Crippen LogP contribution in [0.15, 0.2) is 109 Å². The number of ether oxygens (including phenoxy) is 6. The van der Waals surface area contributed by atoms with E-state index in [2.05, 4.69) is 95.6 Å². The summed E-state index contributed by atoms with van der Waals surface area (Å²) in [4.78, 5) is 61.7. The van der Waals surface area contributed by atoms with Gasteiger partial charge in [-0.1, -0.05) is 85.1 Å². The minimum atomic E-state index is -0.214. The summed E-state index contributed by atoms with van der Waals surface area (Å²) >= 11 is 0. The summed E-state index contributed by atoms with van der Waals surface area (Å²) in [5, 5.41) is 17.1. The fraction of sp³-hybridized carbons (Fsp3) is 0.444. The van der Waals surface area contributed by atoms with Crippen LogP contribution in [0, 0.1) is 0 Å². The van der Waals surface area contributed by atoms with Crippen molar-refractivity contribution in [2.45, 2.75) is 149 Å². The molecule has 1 saturated heterocycles. The lowest BCUT2D eigenvalue weighted by Crippen LogP contribution is -2.32. The number of benzene rings is 4. The molecule has 19 heteroatoms. The molecule has 19 nitrogen and oxygen atoms in total. The number of hydrogen-bond donors (Lipinski definition) is 2. The number of piperidine rings is 1. The van der Waals surface area contributed by atoms with E-state index in [0.717, 1.165) is 83.4 Å². The molecule has 4 aromatic heterocycles. The predicted molar refractivity (Wildman–Crippen MR) is 354 cm³/mol. The second kappa shape index (κ2) is 30.5. The van der Waals surface area contributed by atoms with Crippen molar-refractivity contribution < 1.29 is 47.6 Å². The molecule has 5 heterocycles. The van der Waals surface area contributed by atoms with Gasteiger partial charge in [-0.15, -0.1) is 0 Å². The Morgan fingerprint density at radius 1 is 0.505 bits per heavy atom. The van der Waals surface area contributed by atoms with Gasteiger partial charge in [-0.25, -0.2) is 0 Å². The summed E-state index contributed by atoms with van der Waals surface area (Å²) in [5.41, 5.74) is 8.16. The van der Waals surface area contributed by atoms with Crippen LogP contribution in [0.4, 0.5) is 11.4 Å². The van der Waals surface area contributed by atoms with Crippen LogP contribution in [0.1, 0.15) is 146 Å². The maximum Gasteiger partial charge on any atom is 0.221 e. The van der Waals surface area contributed by atoms with E-state index in [9.17, 15) is 19.2 Å². The number of hydrogen-bond acceptors (Lipinski definition) is 15. The van der Waals surface area contributed by atoms with E-state index in [4.69, 9.17) is 38.6 Å². The predicted octanol–water partition coefficient (Wildman–Crippen LogP) is 13.5. The van der Waals surface area contributed by atoms with Crippen LogP contribution >= 0.6 is 0 Å². The molecule has 1 aliphatic carbocycles. The molecule has 1 saturated carbocycles. The Balaban J connectivity index is 0.000000215. The summed E-state index contributed by atoms with van der Waals surface area (Å²) in [5.74, 6) is 3.32. The molecule has 0 spiro atoms. The second-order valence-electron chi connectivity index (χ2n) is 25.9. The molecule has 4 aromatic carbocycles. The van der Waals surface area contributed by atoms with Gasteiger partial charge in [0.05, 0.1) is 59.1 Å². The number of amides is 2. The first-order valence-corrected chi connectivity index (χ1v) is 31.7. The topological polar surface area (TPSA) is 212 Å². The zero-order valence-corrected chi connectivity index (χ0v) is 54.8. The molecule has 2 fully saturated rings. The lowest BCUT2D eigenvalue weighted by Gasteiger charge is -2.30. The Morgan fingerprint density at radius 3 is 1.30 bits per heavy atom. The number of Topliss-reactive ketones (excluding diaryl/α,β-unsaturated/α-hetero) is 2. The number of anilines is 2. The van der Waals surface area contributed by atoms with Gasteiger partial charge in [0.1, 0.15) is 59.3 Å². The van der Waals surface area contributed by atoms with Gasteiger partial charge in [0.15, 0.2) is 0 Å². The minimum absolute atomic E-state index is 0.0701. The monoisotopic (exact) mass is 1240 g/mol. The van der Waals surface area contributed by atoms with Crippen LogP contribution in [0.25, 0.3) is 21.8 Å². The van der Waals surface area contributed by atoms with Crippen LogP contribution in [-0.4, -0.2) is 119 Å². The van der Waals surface area contributed by atoms with Crippen molar-refractivity contribution in [1.82, 2.24) is 34.4 Å².